The van der Waals surface area contributed by atoms with Crippen LogP contribution in [0.15, 0.2) is 58.1 Å². The highest BCUT2D eigenvalue weighted by Crippen LogP contribution is 2.20. The molecule has 8 heteroatoms. The van der Waals surface area contributed by atoms with E-state index in [-0.39, 0.29) is 5.15 Å². The van der Waals surface area contributed by atoms with Gasteiger partial charge in [-0.3, -0.25) is 9.59 Å². The molecule has 0 aliphatic rings. The zero-order chi connectivity index (χ0) is 19.4. The minimum atomic E-state index is -0.894. The van der Waals surface area contributed by atoms with Gasteiger partial charge in [-0.05, 0) is 48.9 Å². The molecule has 6 nitrogen and oxygen atoms in total. The number of halogens is 2. The van der Waals surface area contributed by atoms with E-state index >= 15 is 0 Å². The summed E-state index contributed by atoms with van der Waals surface area (Å²) in [6, 6.07) is 14.5. The number of aryl methyl sites for hydroxylation is 1. The standard InChI is InChI=1S/C19H14BrClN4O2/c1-11-2-3-12-9-13(17(21)24-16(12)8-11)10-22-25-19(27)18(26)23-15-6-4-14(20)5-7-15/h2-10H,1H3,(H,23,26)(H,25,27). The van der Waals surface area contributed by atoms with Gasteiger partial charge in [0.15, 0.2) is 0 Å². The normalized spacial score (nSPS) is 10.9. The van der Waals surface area contributed by atoms with Gasteiger partial charge in [-0.25, -0.2) is 10.4 Å². The van der Waals surface area contributed by atoms with Crippen molar-refractivity contribution in [1.29, 1.82) is 0 Å². The third kappa shape index (κ3) is 4.90. The highest BCUT2D eigenvalue weighted by Gasteiger charge is 2.13. The molecule has 0 bridgehead atoms. The third-order valence-electron chi connectivity index (χ3n) is 3.63. The zero-order valence-corrected chi connectivity index (χ0v) is 16.5. The number of hydrogen-bond acceptors (Lipinski definition) is 4. The van der Waals surface area contributed by atoms with Crippen LogP contribution in [0.3, 0.4) is 0 Å². The van der Waals surface area contributed by atoms with E-state index in [0.717, 1.165) is 20.9 Å². The lowest BCUT2D eigenvalue weighted by Gasteiger charge is -2.04. The molecule has 0 fully saturated rings. The number of hydrazone groups is 1. The summed E-state index contributed by atoms with van der Waals surface area (Å²) in [5.74, 6) is -1.72. The van der Waals surface area contributed by atoms with E-state index in [1.165, 1.54) is 6.21 Å². The number of nitrogens with zero attached hydrogens (tertiary/aromatic N) is 2. The van der Waals surface area contributed by atoms with Crippen LogP contribution in [-0.4, -0.2) is 23.0 Å². The molecule has 27 heavy (non-hydrogen) atoms. The number of benzene rings is 2. The summed E-state index contributed by atoms with van der Waals surface area (Å²) in [6.07, 6.45) is 1.35. The second-order valence-corrected chi connectivity index (χ2v) is 7.00. The molecule has 0 aliphatic carbocycles. The fraction of sp³-hybridized carbons (Fsp3) is 0.0526. The number of carbonyl (C=O) groups is 2. The molecule has 0 radical (unpaired) electrons. The SMILES string of the molecule is Cc1ccc2cc(C=NNC(=O)C(=O)Nc3ccc(Br)cc3)c(Cl)nc2c1. The van der Waals surface area contributed by atoms with Gasteiger partial charge in [-0.15, -0.1) is 0 Å². The molecule has 0 atom stereocenters. The number of hydrogen-bond donors (Lipinski definition) is 2. The molecular weight excluding hydrogens is 432 g/mol. The Bertz CT molecular complexity index is 1050. The Morgan fingerprint density at radius 1 is 1.11 bits per heavy atom. The van der Waals surface area contributed by atoms with Crippen molar-refractivity contribution < 1.29 is 9.59 Å². The first-order valence-corrected chi connectivity index (χ1v) is 9.06. The Hall–Kier alpha value is -2.77. The first kappa shape index (κ1) is 19.0. The lowest BCUT2D eigenvalue weighted by atomic mass is 10.1. The number of fused-ring (bicyclic) bond motifs is 1. The summed E-state index contributed by atoms with van der Waals surface area (Å²) in [5, 5.41) is 7.41. The van der Waals surface area contributed by atoms with Crippen molar-refractivity contribution >= 4 is 62.2 Å². The second kappa shape index (κ2) is 8.28. The second-order valence-electron chi connectivity index (χ2n) is 5.72. The van der Waals surface area contributed by atoms with Crippen LogP contribution in [0, 0.1) is 6.92 Å². The Balaban J connectivity index is 1.65. The summed E-state index contributed by atoms with van der Waals surface area (Å²) in [5.41, 5.74) is 5.05. The Morgan fingerprint density at radius 2 is 1.85 bits per heavy atom. The average molecular weight is 446 g/mol. The molecular formula is C19H14BrClN4O2. The molecule has 3 rings (SSSR count). The van der Waals surface area contributed by atoms with Gasteiger partial charge in [0, 0.05) is 21.1 Å². The maximum absolute atomic E-state index is 11.9. The first-order chi connectivity index (χ1) is 12.9. The molecule has 1 heterocycles. The van der Waals surface area contributed by atoms with E-state index in [0.29, 0.717) is 11.3 Å². The highest BCUT2D eigenvalue weighted by atomic mass is 79.9. The van der Waals surface area contributed by atoms with Crippen molar-refractivity contribution in [3.8, 4) is 0 Å². The molecule has 2 amide bonds. The quantitative estimate of drug-likeness (QED) is 0.276. The minimum absolute atomic E-state index is 0.255. The first-order valence-electron chi connectivity index (χ1n) is 7.89. The molecule has 2 N–H and O–H groups in total. The van der Waals surface area contributed by atoms with Crippen LogP contribution in [0.5, 0.6) is 0 Å². The van der Waals surface area contributed by atoms with E-state index < -0.39 is 11.8 Å². The predicted molar refractivity (Wildman–Crippen MR) is 110 cm³/mol. The molecule has 136 valence electrons. The molecule has 0 saturated heterocycles. The zero-order valence-electron chi connectivity index (χ0n) is 14.2. The van der Waals surface area contributed by atoms with Crippen molar-refractivity contribution in [3.05, 3.63) is 69.3 Å². The van der Waals surface area contributed by atoms with Crippen LogP contribution >= 0.6 is 27.5 Å². The molecule has 3 aromatic rings. The van der Waals surface area contributed by atoms with Crippen LogP contribution in [0.25, 0.3) is 10.9 Å². The van der Waals surface area contributed by atoms with Gasteiger partial charge in [0.05, 0.1) is 11.7 Å². The maximum atomic E-state index is 11.9. The maximum Gasteiger partial charge on any atom is 0.329 e. The van der Waals surface area contributed by atoms with Crippen LogP contribution < -0.4 is 10.7 Å². The van der Waals surface area contributed by atoms with Gasteiger partial charge in [0.25, 0.3) is 0 Å². The fourth-order valence-corrected chi connectivity index (χ4v) is 2.75. The van der Waals surface area contributed by atoms with Crippen molar-refractivity contribution in [2.45, 2.75) is 6.92 Å². The monoisotopic (exact) mass is 444 g/mol. The number of carbonyl (C=O) groups excluding carboxylic acids is 2. The molecule has 1 aromatic heterocycles. The van der Waals surface area contributed by atoms with E-state index in [1.54, 1.807) is 24.3 Å². The van der Waals surface area contributed by atoms with Crippen molar-refractivity contribution in [2.24, 2.45) is 5.10 Å². The van der Waals surface area contributed by atoms with Gasteiger partial charge in [-0.1, -0.05) is 39.7 Å². The van der Waals surface area contributed by atoms with Crippen LogP contribution in [-0.2, 0) is 9.59 Å². The Morgan fingerprint density at radius 3 is 2.59 bits per heavy atom. The number of pyridine rings is 1. The summed E-state index contributed by atoms with van der Waals surface area (Å²) in [6.45, 7) is 1.97. The number of anilines is 1. The molecule has 0 unspecified atom stereocenters. The number of amides is 2. The lowest BCUT2D eigenvalue weighted by Crippen LogP contribution is -2.32. The molecule has 0 saturated carbocycles. The summed E-state index contributed by atoms with van der Waals surface area (Å²) >= 11 is 9.45. The topological polar surface area (TPSA) is 83.5 Å². The van der Waals surface area contributed by atoms with E-state index in [9.17, 15) is 9.59 Å². The van der Waals surface area contributed by atoms with E-state index in [2.05, 4.69) is 36.8 Å². The van der Waals surface area contributed by atoms with E-state index in [1.807, 2.05) is 31.2 Å². The Kier molecular flexibility index (Phi) is 5.83. The smallest absolute Gasteiger partial charge is 0.318 e. The van der Waals surface area contributed by atoms with E-state index in [4.69, 9.17) is 11.6 Å². The number of aromatic nitrogens is 1. The average Bonchev–Trinajstić information content (AvgIpc) is 2.64. The lowest BCUT2D eigenvalue weighted by molar-refractivity contribution is -0.136. The van der Waals surface area contributed by atoms with Gasteiger partial charge < -0.3 is 5.32 Å². The minimum Gasteiger partial charge on any atom is -0.318 e. The summed E-state index contributed by atoms with van der Waals surface area (Å²) in [7, 11) is 0. The number of nitrogens with one attached hydrogen (secondary N) is 2. The van der Waals surface area contributed by atoms with Crippen LogP contribution in [0.2, 0.25) is 5.15 Å². The van der Waals surface area contributed by atoms with Crippen molar-refractivity contribution in [1.82, 2.24) is 10.4 Å². The molecule has 2 aromatic carbocycles. The van der Waals surface area contributed by atoms with Gasteiger partial charge in [0.2, 0.25) is 0 Å². The predicted octanol–water partition coefficient (Wildman–Crippen LogP) is 4.05. The summed E-state index contributed by atoms with van der Waals surface area (Å²) in [4.78, 5) is 28.0. The fourth-order valence-electron chi connectivity index (χ4n) is 2.29. The van der Waals surface area contributed by atoms with Gasteiger partial charge in [-0.2, -0.15) is 5.10 Å². The van der Waals surface area contributed by atoms with Crippen molar-refractivity contribution in [2.75, 3.05) is 5.32 Å². The largest absolute Gasteiger partial charge is 0.329 e. The number of rotatable bonds is 3. The van der Waals surface area contributed by atoms with Gasteiger partial charge >= 0.3 is 11.8 Å². The molecule has 0 aliphatic heterocycles. The Labute approximate surface area is 168 Å². The van der Waals surface area contributed by atoms with Crippen molar-refractivity contribution in [3.63, 3.8) is 0 Å². The highest BCUT2D eigenvalue weighted by molar-refractivity contribution is 9.10. The van der Waals surface area contributed by atoms with Crippen LogP contribution in [0.1, 0.15) is 11.1 Å². The van der Waals surface area contributed by atoms with Crippen LogP contribution in [0.4, 0.5) is 5.69 Å². The third-order valence-corrected chi connectivity index (χ3v) is 4.46. The summed E-state index contributed by atoms with van der Waals surface area (Å²) < 4.78 is 0.866. The molecule has 0 spiro atoms. The van der Waals surface area contributed by atoms with Gasteiger partial charge in [0.1, 0.15) is 5.15 Å².